The van der Waals surface area contributed by atoms with Crippen molar-refractivity contribution in [2.24, 2.45) is 0 Å². The molecule has 0 radical (unpaired) electrons. The van der Waals surface area contributed by atoms with E-state index in [1.165, 1.54) is 6.07 Å². The minimum absolute atomic E-state index is 0.168. The molecule has 4 rings (SSSR count). The fourth-order valence-corrected chi connectivity index (χ4v) is 3.76. The van der Waals surface area contributed by atoms with Crippen LogP contribution < -0.4 is 0 Å². The molecule has 130 valence electrons. The lowest BCUT2D eigenvalue weighted by Gasteiger charge is -2.15. The Hall–Kier alpha value is -3.01. The van der Waals surface area contributed by atoms with E-state index in [0.29, 0.717) is 11.1 Å². The summed E-state index contributed by atoms with van der Waals surface area (Å²) in [5, 5.41) is 11.4. The highest BCUT2D eigenvalue weighted by atomic mass is 19.1. The molecule has 0 saturated carbocycles. The van der Waals surface area contributed by atoms with E-state index >= 15 is 0 Å². The van der Waals surface area contributed by atoms with Crippen LogP contribution in [0.25, 0.3) is 17.0 Å². The molecule has 1 aliphatic heterocycles. The second kappa shape index (κ2) is 5.77. The van der Waals surface area contributed by atoms with E-state index in [1.54, 1.807) is 12.3 Å². The molecule has 0 fully saturated rings. The van der Waals surface area contributed by atoms with Crippen molar-refractivity contribution >= 4 is 28.4 Å². The lowest BCUT2D eigenvalue weighted by molar-refractivity contribution is -0.401. The zero-order chi connectivity index (χ0) is 18.5. The Morgan fingerprint density at radius 2 is 1.92 bits per heavy atom. The van der Waals surface area contributed by atoms with Crippen molar-refractivity contribution in [3.05, 3.63) is 71.7 Å². The molecule has 0 atom stereocenters. The van der Waals surface area contributed by atoms with Crippen molar-refractivity contribution in [1.29, 1.82) is 0 Å². The van der Waals surface area contributed by atoms with Gasteiger partial charge in [-0.3, -0.25) is 4.98 Å². The lowest BCUT2D eigenvalue weighted by atomic mass is 9.81. The van der Waals surface area contributed by atoms with Crippen LogP contribution in [0.15, 0.2) is 54.7 Å². The summed E-state index contributed by atoms with van der Waals surface area (Å²) >= 11 is 0. The van der Waals surface area contributed by atoms with Gasteiger partial charge < -0.3 is 5.11 Å². The summed E-state index contributed by atoms with van der Waals surface area (Å²) in [6.45, 7) is 4.16. The smallest absolute Gasteiger partial charge is 0.209 e. The molecule has 0 saturated heterocycles. The van der Waals surface area contributed by atoms with Crippen LogP contribution in [-0.4, -0.2) is 27.4 Å². The van der Waals surface area contributed by atoms with Crippen molar-refractivity contribution in [2.75, 3.05) is 7.05 Å². The Morgan fingerprint density at radius 1 is 1.12 bits per heavy atom. The second-order valence-electron chi connectivity index (χ2n) is 7.14. The minimum Gasteiger partial charge on any atom is -0.505 e. The highest BCUT2D eigenvalue weighted by Crippen LogP contribution is 2.40. The molecule has 2 heterocycles. The fourth-order valence-electron chi connectivity index (χ4n) is 3.76. The molecule has 0 spiro atoms. The van der Waals surface area contributed by atoms with Gasteiger partial charge in [0.05, 0.1) is 5.41 Å². The molecule has 3 aromatic rings. The van der Waals surface area contributed by atoms with Crippen LogP contribution in [0.1, 0.15) is 25.0 Å². The van der Waals surface area contributed by atoms with E-state index in [0.717, 1.165) is 22.3 Å². The van der Waals surface area contributed by atoms with Crippen LogP contribution in [0.2, 0.25) is 0 Å². The molecule has 1 aromatic heterocycles. The Balaban J connectivity index is 1.78. The number of hydrogen-bond donors (Lipinski definition) is 1. The SMILES string of the molecule is C[N+]1=C(C=Cc2ccc3cccnc3c2O)C(C)(C)c2cc(F)ccc21. The maximum absolute atomic E-state index is 13.7. The molecule has 4 heteroatoms. The number of phenols is 1. The Morgan fingerprint density at radius 3 is 2.73 bits per heavy atom. The van der Waals surface area contributed by atoms with Gasteiger partial charge in [0.25, 0.3) is 0 Å². The standard InChI is InChI=1S/C22H19FN2O/c1-22(2)17-13-16(23)9-10-18(17)25(3)19(22)11-8-15-7-6-14-5-4-12-24-20(14)21(15)26/h4-13H,1-3H3/p+1. The number of fused-ring (bicyclic) bond motifs is 2. The van der Waals surface area contributed by atoms with Crippen molar-refractivity contribution in [3.8, 4) is 5.75 Å². The molecular formula is C22H20FN2O+. The number of halogens is 1. The third-order valence-corrected chi connectivity index (χ3v) is 5.19. The first-order valence-electron chi connectivity index (χ1n) is 8.55. The maximum atomic E-state index is 13.7. The summed E-state index contributed by atoms with van der Waals surface area (Å²) in [6.07, 6.45) is 5.55. The molecule has 1 aliphatic rings. The number of aromatic hydroxyl groups is 1. The zero-order valence-corrected chi connectivity index (χ0v) is 15.0. The fraction of sp³-hybridized carbons (Fsp3) is 0.182. The monoisotopic (exact) mass is 347 g/mol. The highest BCUT2D eigenvalue weighted by Gasteiger charge is 2.43. The Labute approximate surface area is 151 Å². The van der Waals surface area contributed by atoms with Crippen LogP contribution >= 0.6 is 0 Å². The largest absolute Gasteiger partial charge is 0.505 e. The number of benzene rings is 2. The molecule has 2 aromatic carbocycles. The van der Waals surface area contributed by atoms with Gasteiger partial charge >= 0.3 is 0 Å². The van der Waals surface area contributed by atoms with Crippen LogP contribution in [-0.2, 0) is 5.41 Å². The summed E-state index contributed by atoms with van der Waals surface area (Å²) in [7, 11) is 1.98. The van der Waals surface area contributed by atoms with Gasteiger partial charge in [0.15, 0.2) is 5.71 Å². The molecule has 0 bridgehead atoms. The lowest BCUT2D eigenvalue weighted by Crippen LogP contribution is -2.26. The van der Waals surface area contributed by atoms with E-state index in [-0.39, 0.29) is 17.0 Å². The molecule has 0 aliphatic carbocycles. The summed E-state index contributed by atoms with van der Waals surface area (Å²) in [5.41, 5.74) is 3.97. The Bertz CT molecular complexity index is 1100. The third-order valence-electron chi connectivity index (χ3n) is 5.19. The van der Waals surface area contributed by atoms with E-state index in [1.807, 2.05) is 49.5 Å². The van der Waals surface area contributed by atoms with Gasteiger partial charge in [-0.05, 0) is 38.1 Å². The van der Waals surface area contributed by atoms with Gasteiger partial charge in [-0.25, -0.2) is 4.39 Å². The summed E-state index contributed by atoms with van der Waals surface area (Å²) < 4.78 is 15.8. The van der Waals surface area contributed by atoms with Gasteiger partial charge in [-0.15, -0.1) is 0 Å². The summed E-state index contributed by atoms with van der Waals surface area (Å²) in [4.78, 5) is 4.26. The number of hydrogen-bond acceptors (Lipinski definition) is 2. The van der Waals surface area contributed by atoms with Crippen molar-refractivity contribution < 1.29 is 14.1 Å². The van der Waals surface area contributed by atoms with Gasteiger partial charge in [0, 0.05) is 34.9 Å². The average Bonchev–Trinajstić information content (AvgIpc) is 2.81. The highest BCUT2D eigenvalue weighted by molar-refractivity contribution is 6.05. The molecule has 26 heavy (non-hydrogen) atoms. The first-order valence-corrected chi connectivity index (χ1v) is 8.55. The van der Waals surface area contributed by atoms with Gasteiger partial charge in [-0.1, -0.05) is 18.2 Å². The number of nitrogens with zero attached hydrogens (tertiary/aromatic N) is 2. The quantitative estimate of drug-likeness (QED) is 0.676. The van der Waals surface area contributed by atoms with Crippen LogP contribution in [0.5, 0.6) is 5.75 Å². The molecular weight excluding hydrogens is 327 g/mol. The average molecular weight is 347 g/mol. The number of allylic oxidation sites excluding steroid dienone is 1. The third kappa shape index (κ3) is 2.41. The number of rotatable bonds is 2. The topological polar surface area (TPSA) is 36.1 Å². The predicted octanol–water partition coefficient (Wildman–Crippen LogP) is 4.80. The van der Waals surface area contributed by atoms with E-state index < -0.39 is 0 Å². The van der Waals surface area contributed by atoms with Gasteiger partial charge in [0.1, 0.15) is 24.1 Å². The molecule has 0 amide bonds. The first kappa shape index (κ1) is 16.5. The Kier molecular flexibility index (Phi) is 3.65. The van der Waals surface area contributed by atoms with Crippen molar-refractivity contribution in [2.45, 2.75) is 19.3 Å². The van der Waals surface area contributed by atoms with Crippen LogP contribution in [0, 0.1) is 5.82 Å². The zero-order valence-electron chi connectivity index (χ0n) is 15.0. The van der Waals surface area contributed by atoms with E-state index in [9.17, 15) is 9.50 Å². The maximum Gasteiger partial charge on any atom is 0.209 e. The molecule has 0 unspecified atom stereocenters. The number of aromatic nitrogens is 1. The second-order valence-corrected chi connectivity index (χ2v) is 7.14. The van der Waals surface area contributed by atoms with E-state index in [4.69, 9.17) is 0 Å². The number of phenolic OH excluding ortho intramolecular Hbond substituents is 1. The molecule has 1 N–H and O–H groups in total. The summed E-state index contributed by atoms with van der Waals surface area (Å²) in [5.74, 6) is -0.0596. The van der Waals surface area contributed by atoms with Crippen molar-refractivity contribution in [1.82, 2.24) is 4.98 Å². The number of pyridine rings is 1. The van der Waals surface area contributed by atoms with Crippen LogP contribution in [0.3, 0.4) is 0 Å². The van der Waals surface area contributed by atoms with Crippen LogP contribution in [0.4, 0.5) is 10.1 Å². The van der Waals surface area contributed by atoms with E-state index in [2.05, 4.69) is 23.4 Å². The minimum atomic E-state index is -0.326. The van der Waals surface area contributed by atoms with Gasteiger partial charge in [-0.2, -0.15) is 4.58 Å². The normalized spacial score (nSPS) is 15.8. The van der Waals surface area contributed by atoms with Crippen molar-refractivity contribution in [3.63, 3.8) is 0 Å². The summed E-state index contributed by atoms with van der Waals surface area (Å²) in [6, 6.07) is 12.5. The molecule has 3 nitrogen and oxygen atoms in total. The van der Waals surface area contributed by atoms with Gasteiger partial charge in [0.2, 0.25) is 5.69 Å². The predicted molar refractivity (Wildman–Crippen MR) is 103 cm³/mol. The first-order chi connectivity index (χ1) is 12.4.